The molecule has 3 nitrogen and oxygen atoms in total. The van der Waals surface area contributed by atoms with Crippen molar-refractivity contribution >= 4 is 0 Å². The Bertz CT molecular complexity index is 161. The van der Waals surface area contributed by atoms with Crippen molar-refractivity contribution < 1.29 is 10.2 Å². The van der Waals surface area contributed by atoms with E-state index in [1.54, 1.807) is 6.92 Å². The van der Waals surface area contributed by atoms with Gasteiger partial charge in [0.1, 0.15) is 0 Å². The van der Waals surface area contributed by atoms with Gasteiger partial charge in [0.05, 0.1) is 11.7 Å². The molecule has 0 aromatic heterocycles. The summed E-state index contributed by atoms with van der Waals surface area (Å²) >= 11 is 0. The minimum absolute atomic E-state index is 0.208. The molecular weight excluding hydrogens is 178 g/mol. The Morgan fingerprint density at radius 1 is 1.21 bits per heavy atom. The zero-order chi connectivity index (χ0) is 11.4. The quantitative estimate of drug-likeness (QED) is 0.628. The summed E-state index contributed by atoms with van der Waals surface area (Å²) in [5.41, 5.74) is -1.04. The molecule has 0 aliphatic heterocycles. The molecule has 0 saturated carbocycles. The van der Waals surface area contributed by atoms with Gasteiger partial charge in [-0.05, 0) is 18.9 Å². The lowest BCUT2D eigenvalue weighted by Crippen LogP contribution is -2.44. The van der Waals surface area contributed by atoms with E-state index in [4.69, 9.17) is 0 Å². The van der Waals surface area contributed by atoms with Gasteiger partial charge in [0.2, 0.25) is 0 Å². The molecule has 0 fully saturated rings. The number of hydrogen-bond donors (Lipinski definition) is 3. The third-order valence-electron chi connectivity index (χ3n) is 2.88. The lowest BCUT2D eigenvalue weighted by Gasteiger charge is -2.38. The second kappa shape index (κ2) is 5.10. The summed E-state index contributed by atoms with van der Waals surface area (Å²) in [7, 11) is 0. The number of rotatable bonds is 5. The van der Waals surface area contributed by atoms with Crippen molar-refractivity contribution in [2.75, 3.05) is 13.1 Å². The van der Waals surface area contributed by atoms with Gasteiger partial charge < -0.3 is 15.5 Å². The Labute approximate surface area is 87.5 Å². The highest BCUT2D eigenvalue weighted by Crippen LogP contribution is 2.33. The highest BCUT2D eigenvalue weighted by Gasteiger charge is 2.36. The molecule has 0 radical (unpaired) electrons. The zero-order valence-corrected chi connectivity index (χ0v) is 10.1. The molecule has 0 aromatic carbocycles. The monoisotopic (exact) mass is 203 g/mol. The number of aliphatic hydroxyl groups is 2. The highest BCUT2D eigenvalue weighted by molar-refractivity contribution is 4.88. The van der Waals surface area contributed by atoms with E-state index in [-0.39, 0.29) is 5.41 Å². The SMILES string of the molecule is CCNCC(O)CC(C)(O)C(C)(C)C. The van der Waals surface area contributed by atoms with Crippen molar-refractivity contribution in [3.05, 3.63) is 0 Å². The maximum atomic E-state index is 10.1. The van der Waals surface area contributed by atoms with E-state index < -0.39 is 11.7 Å². The second-order valence-electron chi connectivity index (χ2n) is 5.19. The van der Waals surface area contributed by atoms with Crippen LogP contribution in [-0.2, 0) is 0 Å². The lowest BCUT2D eigenvalue weighted by molar-refractivity contribution is -0.0736. The van der Waals surface area contributed by atoms with Crippen LogP contribution in [0.5, 0.6) is 0 Å². The molecule has 14 heavy (non-hydrogen) atoms. The first-order chi connectivity index (χ1) is 6.20. The summed E-state index contributed by atoms with van der Waals surface area (Å²) in [4.78, 5) is 0. The van der Waals surface area contributed by atoms with E-state index in [1.165, 1.54) is 0 Å². The average molecular weight is 203 g/mol. The average Bonchev–Trinajstić information content (AvgIpc) is 1.97. The van der Waals surface area contributed by atoms with E-state index in [9.17, 15) is 10.2 Å². The van der Waals surface area contributed by atoms with Gasteiger partial charge in [-0.25, -0.2) is 0 Å². The molecule has 3 heteroatoms. The molecular formula is C11H25NO2. The Morgan fingerprint density at radius 3 is 2.07 bits per heavy atom. The molecule has 3 N–H and O–H groups in total. The third kappa shape index (κ3) is 4.40. The van der Waals surface area contributed by atoms with E-state index in [2.05, 4.69) is 5.32 Å². The van der Waals surface area contributed by atoms with Crippen molar-refractivity contribution in [3.63, 3.8) is 0 Å². The zero-order valence-electron chi connectivity index (χ0n) is 10.1. The second-order valence-corrected chi connectivity index (χ2v) is 5.19. The van der Waals surface area contributed by atoms with Gasteiger partial charge in [-0.1, -0.05) is 27.7 Å². The van der Waals surface area contributed by atoms with Crippen LogP contribution in [0.1, 0.15) is 41.0 Å². The van der Waals surface area contributed by atoms with Gasteiger partial charge in [0.15, 0.2) is 0 Å². The van der Waals surface area contributed by atoms with Gasteiger partial charge >= 0.3 is 0 Å². The van der Waals surface area contributed by atoms with E-state index in [0.29, 0.717) is 13.0 Å². The van der Waals surface area contributed by atoms with Crippen LogP contribution in [0.15, 0.2) is 0 Å². The third-order valence-corrected chi connectivity index (χ3v) is 2.88. The largest absolute Gasteiger partial charge is 0.392 e. The Hall–Kier alpha value is -0.120. The molecule has 0 saturated heterocycles. The van der Waals surface area contributed by atoms with E-state index in [0.717, 1.165) is 6.54 Å². The van der Waals surface area contributed by atoms with Crippen molar-refractivity contribution in [1.82, 2.24) is 5.32 Å². The molecule has 0 aliphatic carbocycles. The Balaban J connectivity index is 4.08. The first kappa shape index (κ1) is 13.9. The van der Waals surface area contributed by atoms with E-state index >= 15 is 0 Å². The van der Waals surface area contributed by atoms with Crippen LogP contribution in [0.2, 0.25) is 0 Å². The molecule has 86 valence electrons. The van der Waals surface area contributed by atoms with Gasteiger partial charge in [-0.2, -0.15) is 0 Å². The van der Waals surface area contributed by atoms with Crippen LogP contribution in [0.3, 0.4) is 0 Å². The Kier molecular flexibility index (Phi) is 5.06. The van der Waals surface area contributed by atoms with Crippen molar-refractivity contribution in [2.45, 2.75) is 52.7 Å². The summed E-state index contributed by atoms with van der Waals surface area (Å²) in [5, 5.41) is 22.9. The molecule has 0 rings (SSSR count). The van der Waals surface area contributed by atoms with Crippen LogP contribution in [-0.4, -0.2) is 35.0 Å². The molecule has 0 aliphatic rings. The van der Waals surface area contributed by atoms with Crippen LogP contribution < -0.4 is 5.32 Å². The lowest BCUT2D eigenvalue weighted by atomic mass is 9.74. The smallest absolute Gasteiger partial charge is 0.0692 e. The molecule has 2 unspecified atom stereocenters. The fourth-order valence-corrected chi connectivity index (χ4v) is 1.15. The van der Waals surface area contributed by atoms with Crippen LogP contribution >= 0.6 is 0 Å². The Morgan fingerprint density at radius 2 is 1.71 bits per heavy atom. The minimum atomic E-state index is -0.832. The molecule has 0 bridgehead atoms. The van der Waals surface area contributed by atoms with Gasteiger partial charge in [-0.3, -0.25) is 0 Å². The van der Waals surface area contributed by atoms with Crippen LogP contribution in [0.4, 0.5) is 0 Å². The number of nitrogens with one attached hydrogen (secondary N) is 1. The van der Waals surface area contributed by atoms with Gasteiger partial charge in [-0.15, -0.1) is 0 Å². The maximum absolute atomic E-state index is 10.1. The van der Waals surface area contributed by atoms with Crippen LogP contribution in [0, 0.1) is 5.41 Å². The van der Waals surface area contributed by atoms with Gasteiger partial charge in [0.25, 0.3) is 0 Å². The first-order valence-corrected chi connectivity index (χ1v) is 5.32. The summed E-state index contributed by atoms with van der Waals surface area (Å²) in [6, 6.07) is 0. The van der Waals surface area contributed by atoms with Crippen molar-refractivity contribution in [1.29, 1.82) is 0 Å². The first-order valence-electron chi connectivity index (χ1n) is 5.32. The normalized spacial score (nSPS) is 19.1. The predicted octanol–water partition coefficient (Wildman–Crippen LogP) is 1.14. The fraction of sp³-hybridized carbons (Fsp3) is 1.00. The standard InChI is InChI=1S/C11H25NO2/c1-6-12-8-9(13)7-11(5,14)10(2,3)4/h9,12-14H,6-8H2,1-5H3. The van der Waals surface area contributed by atoms with Crippen LogP contribution in [0.25, 0.3) is 0 Å². The van der Waals surface area contributed by atoms with Crippen molar-refractivity contribution in [2.24, 2.45) is 5.41 Å². The summed E-state index contributed by atoms with van der Waals surface area (Å²) in [6.45, 7) is 11.1. The summed E-state index contributed by atoms with van der Waals surface area (Å²) in [5.74, 6) is 0. The predicted molar refractivity (Wildman–Crippen MR) is 59.2 cm³/mol. The van der Waals surface area contributed by atoms with Crippen molar-refractivity contribution in [3.8, 4) is 0 Å². The minimum Gasteiger partial charge on any atom is -0.392 e. The van der Waals surface area contributed by atoms with Gasteiger partial charge in [0, 0.05) is 13.0 Å². The maximum Gasteiger partial charge on any atom is 0.0692 e. The molecule has 0 aromatic rings. The molecule has 0 amide bonds. The number of hydrogen-bond acceptors (Lipinski definition) is 3. The fourth-order valence-electron chi connectivity index (χ4n) is 1.15. The molecule has 2 atom stereocenters. The summed E-state index contributed by atoms with van der Waals surface area (Å²) < 4.78 is 0. The highest BCUT2D eigenvalue weighted by atomic mass is 16.3. The number of likely N-dealkylation sites (N-methyl/N-ethyl adjacent to an activating group) is 1. The molecule has 0 heterocycles. The molecule has 0 spiro atoms. The van der Waals surface area contributed by atoms with E-state index in [1.807, 2.05) is 27.7 Å². The number of aliphatic hydroxyl groups excluding tert-OH is 1. The summed E-state index contributed by atoms with van der Waals surface area (Å²) in [6.07, 6.45) is -0.0760. The topological polar surface area (TPSA) is 52.5 Å².